The molecule has 0 saturated carbocycles. The molecule has 0 atom stereocenters. The average Bonchev–Trinajstić information content (AvgIpc) is 2.46. The van der Waals surface area contributed by atoms with Crippen molar-refractivity contribution in [2.24, 2.45) is 0 Å². The molecule has 4 heteroatoms. The van der Waals surface area contributed by atoms with Gasteiger partial charge in [0.05, 0.1) is 6.61 Å². The maximum atomic E-state index is 9.04. The van der Waals surface area contributed by atoms with Crippen LogP contribution in [-0.4, -0.2) is 21.3 Å². The number of rotatable bonds is 4. The normalized spacial score (nSPS) is 10.2. The molecule has 0 aromatic heterocycles. The van der Waals surface area contributed by atoms with E-state index in [1.807, 2.05) is 43.3 Å². The van der Waals surface area contributed by atoms with E-state index in [-0.39, 0.29) is 0 Å². The van der Waals surface area contributed by atoms with Crippen LogP contribution in [0, 0.1) is 0 Å². The smallest absolute Gasteiger partial charge is 0.137 e. The molecule has 0 bridgehead atoms. The second kappa shape index (κ2) is 9.77. The number of thiol groups is 1. The van der Waals surface area contributed by atoms with Gasteiger partial charge in [-0.1, -0.05) is 54.6 Å². The van der Waals surface area contributed by atoms with Crippen molar-refractivity contribution in [3.8, 4) is 5.75 Å². The summed E-state index contributed by atoms with van der Waals surface area (Å²) < 4.78 is 23.5. The molecule has 0 radical (unpaired) electrons. The van der Waals surface area contributed by atoms with Crippen LogP contribution in [-0.2, 0) is 10.7 Å². The molecule has 0 aliphatic heterocycles. The van der Waals surface area contributed by atoms with Crippen molar-refractivity contribution in [2.45, 2.75) is 6.92 Å². The minimum Gasteiger partial charge on any atom is -0.494 e. The van der Waals surface area contributed by atoms with Gasteiger partial charge in [-0.15, -0.1) is 0 Å². The molecule has 0 amide bonds. The van der Waals surface area contributed by atoms with Gasteiger partial charge in [-0.05, 0) is 30.2 Å². The van der Waals surface area contributed by atoms with E-state index in [2.05, 4.69) is 30.4 Å². The Bertz CT molecular complexity index is 623. The van der Waals surface area contributed by atoms with Gasteiger partial charge >= 0.3 is 0 Å². The summed E-state index contributed by atoms with van der Waals surface area (Å²) in [4.78, 5) is 0. The SMILES string of the molecule is CCOc1cccc(/C=C/c2ccccc2)c1.C[SH](=O)=O. The highest BCUT2D eigenvalue weighted by Crippen LogP contribution is 2.15. The summed E-state index contributed by atoms with van der Waals surface area (Å²) in [5.74, 6) is 0.919. The van der Waals surface area contributed by atoms with Crippen molar-refractivity contribution in [3.05, 3.63) is 65.7 Å². The Hall–Kier alpha value is -2.07. The highest BCUT2D eigenvalue weighted by Gasteiger charge is 1.92. The molecule has 0 fully saturated rings. The molecule has 21 heavy (non-hydrogen) atoms. The summed E-state index contributed by atoms with van der Waals surface area (Å²) in [7, 11) is -2.12. The Morgan fingerprint density at radius 1 is 0.952 bits per heavy atom. The van der Waals surface area contributed by atoms with Crippen LogP contribution in [0.25, 0.3) is 12.2 Å². The second-order valence-corrected chi connectivity index (χ2v) is 5.07. The van der Waals surface area contributed by atoms with Gasteiger partial charge in [0.2, 0.25) is 0 Å². The predicted molar refractivity (Wildman–Crippen MR) is 89.2 cm³/mol. The summed E-state index contributed by atoms with van der Waals surface area (Å²) >= 11 is 0. The Labute approximate surface area is 127 Å². The van der Waals surface area contributed by atoms with E-state index >= 15 is 0 Å². The minimum absolute atomic E-state index is 0.700. The van der Waals surface area contributed by atoms with Crippen LogP contribution >= 0.6 is 0 Å². The topological polar surface area (TPSA) is 43.4 Å². The first-order valence-electron chi connectivity index (χ1n) is 6.66. The predicted octanol–water partition coefficient (Wildman–Crippen LogP) is 3.48. The molecule has 0 N–H and O–H groups in total. The highest BCUT2D eigenvalue weighted by molar-refractivity contribution is 7.71. The fourth-order valence-corrected chi connectivity index (χ4v) is 1.63. The van der Waals surface area contributed by atoms with E-state index < -0.39 is 10.7 Å². The van der Waals surface area contributed by atoms with E-state index in [0.29, 0.717) is 6.61 Å². The first-order valence-corrected chi connectivity index (χ1v) is 8.28. The Balaban J connectivity index is 0.000000491. The van der Waals surface area contributed by atoms with Gasteiger partial charge in [-0.2, -0.15) is 0 Å². The summed E-state index contributed by atoms with van der Waals surface area (Å²) in [6.07, 6.45) is 5.32. The van der Waals surface area contributed by atoms with E-state index in [1.165, 1.54) is 5.56 Å². The first-order chi connectivity index (χ1) is 10.1. The molecule has 0 spiro atoms. The number of hydrogen-bond acceptors (Lipinski definition) is 3. The molecule has 2 rings (SSSR count). The Morgan fingerprint density at radius 3 is 2.14 bits per heavy atom. The maximum Gasteiger partial charge on any atom is 0.137 e. The van der Waals surface area contributed by atoms with Gasteiger partial charge in [-0.3, -0.25) is 0 Å². The lowest BCUT2D eigenvalue weighted by atomic mass is 10.1. The molecule has 0 unspecified atom stereocenters. The quantitative estimate of drug-likeness (QED) is 0.694. The monoisotopic (exact) mass is 304 g/mol. The van der Waals surface area contributed by atoms with Gasteiger partial charge in [-0.25, -0.2) is 8.42 Å². The number of benzene rings is 2. The largest absolute Gasteiger partial charge is 0.494 e. The van der Waals surface area contributed by atoms with E-state index in [0.717, 1.165) is 17.6 Å². The number of hydrogen-bond donors (Lipinski definition) is 1. The van der Waals surface area contributed by atoms with Gasteiger partial charge in [0.15, 0.2) is 0 Å². The molecular weight excluding hydrogens is 284 g/mol. The Kier molecular flexibility index (Phi) is 7.90. The molecule has 112 valence electrons. The van der Waals surface area contributed by atoms with Gasteiger partial charge in [0.1, 0.15) is 16.5 Å². The van der Waals surface area contributed by atoms with Crippen LogP contribution in [0.3, 0.4) is 0 Å². The molecular formula is C17H20O3S. The molecule has 0 saturated heterocycles. The fourth-order valence-electron chi connectivity index (χ4n) is 1.63. The minimum atomic E-state index is -2.12. The van der Waals surface area contributed by atoms with Crippen LogP contribution in [0.1, 0.15) is 18.1 Å². The average molecular weight is 304 g/mol. The van der Waals surface area contributed by atoms with Gasteiger partial charge < -0.3 is 4.74 Å². The lowest BCUT2D eigenvalue weighted by Gasteiger charge is -2.03. The van der Waals surface area contributed by atoms with Crippen LogP contribution in [0.2, 0.25) is 0 Å². The first kappa shape index (κ1) is 17.0. The van der Waals surface area contributed by atoms with E-state index in [1.54, 1.807) is 0 Å². The van der Waals surface area contributed by atoms with Crippen LogP contribution in [0.4, 0.5) is 0 Å². The maximum absolute atomic E-state index is 9.04. The summed E-state index contributed by atoms with van der Waals surface area (Å²) in [5.41, 5.74) is 2.36. The van der Waals surface area contributed by atoms with Crippen LogP contribution in [0.15, 0.2) is 54.6 Å². The lowest BCUT2D eigenvalue weighted by molar-refractivity contribution is 0.340. The zero-order valence-electron chi connectivity index (χ0n) is 12.2. The van der Waals surface area contributed by atoms with Crippen molar-refractivity contribution < 1.29 is 13.2 Å². The summed E-state index contributed by atoms with van der Waals surface area (Å²) in [5, 5.41) is 0. The molecule has 2 aromatic carbocycles. The van der Waals surface area contributed by atoms with Crippen molar-refractivity contribution >= 4 is 22.9 Å². The molecule has 0 aliphatic rings. The third-order valence-corrected chi connectivity index (χ3v) is 2.44. The van der Waals surface area contributed by atoms with Crippen LogP contribution in [0.5, 0.6) is 5.75 Å². The Morgan fingerprint density at radius 2 is 1.52 bits per heavy atom. The third-order valence-electron chi connectivity index (χ3n) is 2.44. The number of ether oxygens (including phenoxy) is 1. The molecule has 2 aromatic rings. The lowest BCUT2D eigenvalue weighted by Crippen LogP contribution is -1.90. The van der Waals surface area contributed by atoms with Gasteiger partial charge in [0.25, 0.3) is 0 Å². The fraction of sp³-hybridized carbons (Fsp3) is 0.176. The highest BCUT2D eigenvalue weighted by atomic mass is 32.2. The molecule has 0 heterocycles. The van der Waals surface area contributed by atoms with Crippen molar-refractivity contribution in [1.29, 1.82) is 0 Å². The zero-order chi connectivity index (χ0) is 15.5. The van der Waals surface area contributed by atoms with Gasteiger partial charge in [0, 0.05) is 6.26 Å². The summed E-state index contributed by atoms with van der Waals surface area (Å²) in [6, 6.07) is 18.4. The second-order valence-electron chi connectivity index (χ2n) is 4.19. The standard InChI is InChI=1S/C16H16O.CH4O2S/c1-2-17-16-10-6-9-15(13-16)12-11-14-7-4-3-5-8-14;1-4(2)3/h3-13H,2H2,1H3;4H,1H3/b12-11+;. The van der Waals surface area contributed by atoms with Crippen molar-refractivity contribution in [2.75, 3.05) is 12.9 Å². The van der Waals surface area contributed by atoms with Crippen LogP contribution < -0.4 is 4.74 Å². The zero-order valence-corrected chi connectivity index (χ0v) is 13.1. The molecule has 3 nitrogen and oxygen atoms in total. The third kappa shape index (κ3) is 7.95. The van der Waals surface area contributed by atoms with Crippen molar-refractivity contribution in [1.82, 2.24) is 0 Å². The molecule has 0 aliphatic carbocycles. The van der Waals surface area contributed by atoms with Crippen molar-refractivity contribution in [3.63, 3.8) is 0 Å². The van der Waals surface area contributed by atoms with E-state index in [9.17, 15) is 0 Å². The summed E-state index contributed by atoms with van der Waals surface area (Å²) in [6.45, 7) is 2.69. The van der Waals surface area contributed by atoms with E-state index in [4.69, 9.17) is 13.2 Å².